The van der Waals surface area contributed by atoms with Gasteiger partial charge in [-0.15, -0.1) is 12.6 Å². The number of carbonyl (C=O) groups excluding carboxylic acids is 1. The Balaban J connectivity index is 2.78. The van der Waals surface area contributed by atoms with E-state index in [1.807, 2.05) is 0 Å². The van der Waals surface area contributed by atoms with Gasteiger partial charge in [0.25, 0.3) is 0 Å². The Bertz CT molecular complexity index is 454. The number of hydrogen-bond acceptors (Lipinski definition) is 4. The van der Waals surface area contributed by atoms with Crippen LogP contribution in [0.1, 0.15) is 17.3 Å². The van der Waals surface area contributed by atoms with Crippen molar-refractivity contribution >= 4 is 18.4 Å². The monoisotopic (exact) mass is 283 g/mol. The largest absolute Gasteiger partial charge is 0.470 e. The summed E-state index contributed by atoms with van der Waals surface area (Å²) < 4.78 is 53.4. The predicted molar refractivity (Wildman–Crippen MR) is 57.9 cm³/mol. The van der Waals surface area contributed by atoms with Crippen LogP contribution in [-0.4, -0.2) is 29.7 Å². The number of rotatable bonds is 5. The number of alkyl halides is 4. The molecule has 1 aromatic rings. The molecule has 8 heteroatoms. The summed E-state index contributed by atoms with van der Waals surface area (Å²) in [5.74, 6) is -4.88. The molecule has 0 aliphatic carbocycles. The van der Waals surface area contributed by atoms with Gasteiger partial charge in [0, 0.05) is 11.8 Å². The van der Waals surface area contributed by atoms with Crippen molar-refractivity contribution in [3.63, 3.8) is 0 Å². The van der Waals surface area contributed by atoms with Gasteiger partial charge < -0.3 is 4.74 Å². The smallest absolute Gasteiger partial charge is 0.340 e. The highest BCUT2D eigenvalue weighted by atomic mass is 32.1. The molecule has 0 atom stereocenters. The van der Waals surface area contributed by atoms with Crippen LogP contribution in [0.2, 0.25) is 0 Å². The Morgan fingerprint density at radius 2 is 2.17 bits per heavy atom. The molecule has 0 spiro atoms. The van der Waals surface area contributed by atoms with Gasteiger partial charge in [-0.25, -0.2) is 13.8 Å². The van der Waals surface area contributed by atoms with E-state index in [1.54, 1.807) is 0 Å². The lowest BCUT2D eigenvalue weighted by molar-refractivity contribution is -0.149. The second-order valence-corrected chi connectivity index (χ2v) is 3.94. The number of aromatic nitrogens is 1. The van der Waals surface area contributed by atoms with Crippen molar-refractivity contribution in [2.75, 3.05) is 6.61 Å². The summed E-state index contributed by atoms with van der Waals surface area (Å²) >= 11 is 3.87. The second kappa shape index (κ2) is 5.55. The van der Waals surface area contributed by atoms with Crippen LogP contribution in [0.3, 0.4) is 0 Å². The van der Waals surface area contributed by atoms with Crippen LogP contribution >= 0.6 is 12.6 Å². The molecule has 1 rings (SSSR count). The zero-order chi connectivity index (χ0) is 13.9. The summed E-state index contributed by atoms with van der Waals surface area (Å²) in [5, 5.41) is 0. The van der Waals surface area contributed by atoms with Crippen molar-refractivity contribution in [3.8, 4) is 5.88 Å². The van der Waals surface area contributed by atoms with Crippen LogP contribution in [-0.2, 0) is 0 Å². The number of carbonyl (C=O) groups is 1. The van der Waals surface area contributed by atoms with Crippen molar-refractivity contribution in [1.82, 2.24) is 4.98 Å². The van der Waals surface area contributed by atoms with Crippen LogP contribution in [0.5, 0.6) is 5.88 Å². The third-order valence-electron chi connectivity index (χ3n) is 1.96. The van der Waals surface area contributed by atoms with Crippen LogP contribution < -0.4 is 4.74 Å². The highest BCUT2D eigenvalue weighted by Gasteiger charge is 2.42. The number of pyridine rings is 1. The summed E-state index contributed by atoms with van der Waals surface area (Å²) in [6, 6.07) is 1.26. The molecule has 0 unspecified atom stereocenters. The van der Waals surface area contributed by atoms with Gasteiger partial charge in [-0.1, -0.05) is 0 Å². The summed E-state index contributed by atoms with van der Waals surface area (Å²) in [6.45, 7) is -0.222. The van der Waals surface area contributed by atoms with Gasteiger partial charge in [-0.3, -0.25) is 4.79 Å². The van der Waals surface area contributed by atoms with Crippen LogP contribution in [0.25, 0.3) is 0 Å². The first-order valence-electron chi connectivity index (χ1n) is 4.72. The summed E-state index contributed by atoms with van der Waals surface area (Å²) in [7, 11) is 0. The normalized spacial score (nSPS) is 11.7. The fourth-order valence-electron chi connectivity index (χ4n) is 0.972. The first kappa shape index (κ1) is 14.7. The molecule has 3 nitrogen and oxygen atoms in total. The van der Waals surface area contributed by atoms with E-state index in [0.717, 1.165) is 6.20 Å². The number of thiol groups is 1. The Labute approximate surface area is 106 Å². The molecule has 0 aliphatic rings. The lowest BCUT2D eigenvalue weighted by Gasteiger charge is -2.16. The van der Waals surface area contributed by atoms with Gasteiger partial charge in [0.05, 0.1) is 4.90 Å². The van der Waals surface area contributed by atoms with E-state index < -0.39 is 19.0 Å². The number of hydrogen-bond donors (Lipinski definition) is 1. The van der Waals surface area contributed by atoms with Gasteiger partial charge in [0.2, 0.25) is 5.88 Å². The maximum absolute atomic E-state index is 12.6. The average Bonchev–Trinajstić information content (AvgIpc) is 2.26. The van der Waals surface area contributed by atoms with Crippen LogP contribution in [0.15, 0.2) is 17.2 Å². The molecule has 0 aromatic carbocycles. The zero-order valence-electron chi connectivity index (χ0n) is 9.16. The number of ether oxygens (including phenoxy) is 1. The molecular weight excluding hydrogens is 274 g/mol. The minimum Gasteiger partial charge on any atom is -0.470 e. The standard InChI is InChI=1S/C10H9F4NO2S/c1-5(16)6-2-7(18)8(15-3-6)17-4-10(13,14)9(11)12/h2-3,9,18H,4H2,1H3. The predicted octanol–water partition coefficient (Wildman–Crippen LogP) is 2.85. The molecule has 0 amide bonds. The number of nitrogens with zero attached hydrogens (tertiary/aromatic N) is 1. The molecule has 18 heavy (non-hydrogen) atoms. The number of ketones is 1. The number of halogens is 4. The maximum atomic E-state index is 12.6. The van der Waals surface area contributed by atoms with Gasteiger partial charge in [0.1, 0.15) is 0 Å². The third-order valence-corrected chi connectivity index (χ3v) is 2.28. The molecule has 0 saturated heterocycles. The van der Waals surface area contributed by atoms with Crippen molar-refractivity contribution in [2.45, 2.75) is 24.2 Å². The Hall–Kier alpha value is -1.31. The molecule has 1 heterocycles. The van der Waals surface area contributed by atoms with Gasteiger partial charge in [0.15, 0.2) is 12.4 Å². The summed E-state index contributed by atoms with van der Waals surface area (Å²) in [5.41, 5.74) is 0.216. The van der Waals surface area contributed by atoms with Crippen molar-refractivity contribution < 1.29 is 27.1 Å². The molecule has 0 saturated carbocycles. The van der Waals surface area contributed by atoms with E-state index in [-0.39, 0.29) is 22.1 Å². The molecule has 1 aromatic heterocycles. The quantitative estimate of drug-likeness (QED) is 0.513. The molecule has 0 N–H and O–H groups in total. The van der Waals surface area contributed by atoms with E-state index in [1.165, 1.54) is 13.0 Å². The van der Waals surface area contributed by atoms with E-state index in [9.17, 15) is 22.4 Å². The maximum Gasteiger partial charge on any atom is 0.340 e. The van der Waals surface area contributed by atoms with Crippen molar-refractivity contribution in [1.29, 1.82) is 0 Å². The van der Waals surface area contributed by atoms with Gasteiger partial charge in [-0.05, 0) is 13.0 Å². The molecule has 100 valence electrons. The lowest BCUT2D eigenvalue weighted by atomic mass is 10.2. The van der Waals surface area contributed by atoms with E-state index in [4.69, 9.17) is 0 Å². The molecule has 0 radical (unpaired) electrons. The van der Waals surface area contributed by atoms with E-state index in [2.05, 4.69) is 22.3 Å². The SMILES string of the molecule is CC(=O)c1cnc(OCC(F)(F)C(F)F)c(S)c1. The average molecular weight is 283 g/mol. The Morgan fingerprint density at radius 1 is 1.56 bits per heavy atom. The third kappa shape index (κ3) is 3.59. The molecule has 0 bridgehead atoms. The van der Waals surface area contributed by atoms with E-state index >= 15 is 0 Å². The van der Waals surface area contributed by atoms with Crippen LogP contribution in [0, 0.1) is 0 Å². The highest BCUT2D eigenvalue weighted by Crippen LogP contribution is 2.26. The summed E-state index contributed by atoms with van der Waals surface area (Å²) in [6.07, 6.45) is -2.73. The van der Waals surface area contributed by atoms with Gasteiger partial charge >= 0.3 is 12.3 Å². The Kier molecular flexibility index (Phi) is 4.55. The second-order valence-electron chi connectivity index (χ2n) is 3.45. The van der Waals surface area contributed by atoms with Crippen molar-refractivity contribution in [2.24, 2.45) is 0 Å². The topological polar surface area (TPSA) is 39.2 Å². The molecular formula is C10H9F4NO2S. The Morgan fingerprint density at radius 3 is 2.61 bits per heavy atom. The fourth-order valence-corrected chi connectivity index (χ4v) is 1.23. The minimum absolute atomic E-state index is 0.0211. The molecule has 0 aliphatic heterocycles. The minimum atomic E-state index is -4.26. The summed E-state index contributed by atoms with van der Waals surface area (Å²) in [4.78, 5) is 14.6. The van der Waals surface area contributed by atoms with Gasteiger partial charge in [-0.2, -0.15) is 8.78 Å². The first-order chi connectivity index (χ1) is 8.24. The highest BCUT2D eigenvalue weighted by molar-refractivity contribution is 7.80. The first-order valence-corrected chi connectivity index (χ1v) is 5.17. The van der Waals surface area contributed by atoms with Crippen LogP contribution in [0.4, 0.5) is 17.6 Å². The fraction of sp³-hybridized carbons (Fsp3) is 0.400. The lowest BCUT2D eigenvalue weighted by Crippen LogP contribution is -2.34. The zero-order valence-corrected chi connectivity index (χ0v) is 10.1. The van der Waals surface area contributed by atoms with E-state index in [0.29, 0.717) is 0 Å². The van der Waals surface area contributed by atoms with Crippen molar-refractivity contribution in [3.05, 3.63) is 17.8 Å². The molecule has 0 fully saturated rings. The number of Topliss-reactive ketones (excluding diaryl/α,β-unsaturated/α-hetero) is 1.